The van der Waals surface area contributed by atoms with Crippen molar-refractivity contribution in [3.05, 3.63) is 48.5 Å². The van der Waals surface area contributed by atoms with Crippen LogP contribution in [0.1, 0.15) is 13.8 Å². The summed E-state index contributed by atoms with van der Waals surface area (Å²) in [6, 6.07) is 11.3. The molecule has 10 nitrogen and oxygen atoms in total. The lowest BCUT2D eigenvalue weighted by atomic mass is 9.93. The Morgan fingerprint density at radius 1 is 0.871 bits per heavy atom. The molecule has 0 atom stereocenters. The number of aliphatic hydroxyl groups is 1. The molecule has 0 aliphatic carbocycles. The van der Waals surface area contributed by atoms with Crippen molar-refractivity contribution in [1.29, 1.82) is 0 Å². The molecule has 1 amide bonds. The number of benzene rings is 2. The standard InChI is InChI=1S/C19H26N4O6S2/c1-19(2,13-24)18(25)20-14-5-7-15(8-6-14)21-30(26,27)17-11-9-16(10-12-17)22-31(28,29)23(3)4/h5-12,21-22,24H,13H2,1-4H3,(H,20,25). The van der Waals surface area contributed by atoms with Gasteiger partial charge in [0.05, 0.1) is 16.9 Å². The van der Waals surface area contributed by atoms with E-state index in [2.05, 4.69) is 14.8 Å². The number of anilines is 3. The van der Waals surface area contributed by atoms with Gasteiger partial charge in [-0.3, -0.25) is 14.2 Å². The van der Waals surface area contributed by atoms with Crippen LogP contribution in [0.15, 0.2) is 53.4 Å². The van der Waals surface area contributed by atoms with Gasteiger partial charge >= 0.3 is 10.2 Å². The van der Waals surface area contributed by atoms with Gasteiger partial charge in [0, 0.05) is 31.2 Å². The van der Waals surface area contributed by atoms with Crippen LogP contribution in [0.5, 0.6) is 0 Å². The van der Waals surface area contributed by atoms with E-state index in [4.69, 9.17) is 0 Å². The maximum atomic E-state index is 12.6. The number of nitrogens with one attached hydrogen (secondary N) is 3. The van der Waals surface area contributed by atoms with Crippen molar-refractivity contribution in [1.82, 2.24) is 4.31 Å². The summed E-state index contributed by atoms with van der Waals surface area (Å²) >= 11 is 0. The van der Waals surface area contributed by atoms with Gasteiger partial charge in [-0.05, 0) is 62.4 Å². The molecule has 0 unspecified atom stereocenters. The second kappa shape index (κ2) is 9.22. The third-order valence-corrected chi connectivity index (χ3v) is 7.15. The fourth-order valence-corrected chi connectivity index (χ4v) is 3.83. The number of hydrogen-bond acceptors (Lipinski definition) is 6. The lowest BCUT2D eigenvalue weighted by Crippen LogP contribution is -2.33. The van der Waals surface area contributed by atoms with Gasteiger partial charge in [-0.1, -0.05) is 0 Å². The van der Waals surface area contributed by atoms with Gasteiger partial charge in [-0.2, -0.15) is 12.7 Å². The van der Waals surface area contributed by atoms with E-state index in [9.17, 15) is 26.7 Å². The average Bonchev–Trinajstić information content (AvgIpc) is 2.69. The van der Waals surface area contributed by atoms with E-state index in [1.165, 1.54) is 62.6 Å². The lowest BCUT2D eigenvalue weighted by molar-refractivity contribution is -0.125. The zero-order chi connectivity index (χ0) is 23.4. The summed E-state index contributed by atoms with van der Waals surface area (Å²) in [6.07, 6.45) is 0. The maximum Gasteiger partial charge on any atom is 0.301 e. The first-order valence-electron chi connectivity index (χ1n) is 9.12. The molecule has 2 aromatic carbocycles. The van der Waals surface area contributed by atoms with E-state index >= 15 is 0 Å². The smallest absolute Gasteiger partial charge is 0.301 e. The number of rotatable bonds is 9. The van der Waals surface area contributed by atoms with Crippen molar-refractivity contribution in [2.75, 3.05) is 35.5 Å². The predicted octanol–water partition coefficient (Wildman–Crippen LogP) is 1.66. The van der Waals surface area contributed by atoms with Gasteiger partial charge in [-0.25, -0.2) is 8.42 Å². The minimum atomic E-state index is -3.91. The highest BCUT2D eigenvalue weighted by molar-refractivity contribution is 7.92. The van der Waals surface area contributed by atoms with E-state index in [1.807, 2.05) is 0 Å². The Bertz CT molecular complexity index is 1130. The minimum absolute atomic E-state index is 0.0534. The summed E-state index contributed by atoms with van der Waals surface area (Å²) in [5, 5.41) is 11.9. The topological polar surface area (TPSA) is 145 Å². The van der Waals surface area contributed by atoms with Gasteiger partial charge in [0.1, 0.15) is 0 Å². The molecule has 0 saturated heterocycles. The number of hydrogen-bond donors (Lipinski definition) is 4. The Morgan fingerprint density at radius 3 is 1.81 bits per heavy atom. The van der Waals surface area contributed by atoms with E-state index in [0.29, 0.717) is 5.69 Å². The summed E-state index contributed by atoms with van der Waals surface area (Å²) in [6.45, 7) is 2.88. The van der Waals surface area contributed by atoms with Crippen LogP contribution in [0.2, 0.25) is 0 Å². The van der Waals surface area contributed by atoms with Crippen LogP contribution in [0, 0.1) is 5.41 Å². The molecule has 0 bridgehead atoms. The number of aliphatic hydroxyl groups excluding tert-OH is 1. The molecule has 12 heteroatoms. The third-order valence-electron chi connectivity index (χ3n) is 4.30. The van der Waals surface area contributed by atoms with Gasteiger partial charge in [0.15, 0.2) is 0 Å². The van der Waals surface area contributed by atoms with Crippen molar-refractivity contribution in [3.8, 4) is 0 Å². The molecule has 170 valence electrons. The van der Waals surface area contributed by atoms with Gasteiger partial charge in [0.25, 0.3) is 10.0 Å². The normalized spacial score (nSPS) is 12.5. The van der Waals surface area contributed by atoms with E-state index in [0.717, 1.165) is 4.31 Å². The monoisotopic (exact) mass is 470 g/mol. The Hall–Kier alpha value is -2.67. The summed E-state index contributed by atoms with van der Waals surface area (Å²) in [5.74, 6) is -0.367. The van der Waals surface area contributed by atoms with E-state index in [-0.39, 0.29) is 28.8 Å². The van der Waals surface area contributed by atoms with Crippen molar-refractivity contribution in [2.45, 2.75) is 18.7 Å². The van der Waals surface area contributed by atoms with Gasteiger partial charge in [-0.15, -0.1) is 0 Å². The van der Waals surface area contributed by atoms with Crippen molar-refractivity contribution < 1.29 is 26.7 Å². The Morgan fingerprint density at radius 2 is 1.32 bits per heavy atom. The first-order chi connectivity index (χ1) is 14.3. The molecule has 0 saturated carbocycles. The number of sulfonamides is 1. The quantitative estimate of drug-likeness (QED) is 0.439. The Labute approximate surface area is 182 Å². The summed E-state index contributed by atoms with van der Waals surface area (Å²) in [4.78, 5) is 12.0. The van der Waals surface area contributed by atoms with Crippen LogP contribution < -0.4 is 14.8 Å². The molecule has 0 spiro atoms. The van der Waals surface area contributed by atoms with Crippen molar-refractivity contribution in [2.24, 2.45) is 5.41 Å². The first kappa shape index (κ1) is 24.6. The SMILES string of the molecule is CN(C)S(=O)(=O)Nc1ccc(S(=O)(=O)Nc2ccc(NC(=O)C(C)(C)CO)cc2)cc1. The molecule has 2 aromatic rings. The van der Waals surface area contributed by atoms with Crippen LogP contribution in [-0.4, -0.2) is 52.9 Å². The molecule has 0 radical (unpaired) electrons. The van der Waals surface area contributed by atoms with Crippen molar-refractivity contribution in [3.63, 3.8) is 0 Å². The fraction of sp³-hybridized carbons (Fsp3) is 0.316. The minimum Gasteiger partial charge on any atom is -0.395 e. The third kappa shape index (κ3) is 6.40. The largest absolute Gasteiger partial charge is 0.395 e. The zero-order valence-corrected chi connectivity index (χ0v) is 19.2. The van der Waals surface area contributed by atoms with Gasteiger partial charge in [0.2, 0.25) is 5.91 Å². The predicted molar refractivity (Wildman–Crippen MR) is 119 cm³/mol. The molecule has 0 heterocycles. The highest BCUT2D eigenvalue weighted by Crippen LogP contribution is 2.22. The molecule has 0 aliphatic rings. The molecular formula is C19H26N4O6S2. The van der Waals surface area contributed by atoms with Crippen LogP contribution in [0.3, 0.4) is 0 Å². The number of amides is 1. The average molecular weight is 471 g/mol. The number of carbonyl (C=O) groups is 1. The molecule has 2 rings (SSSR count). The Kier molecular flexibility index (Phi) is 7.32. The molecule has 0 fully saturated rings. The highest BCUT2D eigenvalue weighted by Gasteiger charge is 2.26. The van der Waals surface area contributed by atoms with Crippen LogP contribution in [-0.2, 0) is 25.0 Å². The molecule has 4 N–H and O–H groups in total. The van der Waals surface area contributed by atoms with E-state index in [1.54, 1.807) is 13.8 Å². The highest BCUT2D eigenvalue weighted by atomic mass is 32.2. The van der Waals surface area contributed by atoms with Gasteiger partial charge < -0.3 is 10.4 Å². The van der Waals surface area contributed by atoms with E-state index < -0.39 is 25.6 Å². The first-order valence-corrected chi connectivity index (χ1v) is 12.0. The molecule has 0 aromatic heterocycles. The van der Waals surface area contributed by atoms with Crippen LogP contribution >= 0.6 is 0 Å². The maximum absolute atomic E-state index is 12.6. The zero-order valence-electron chi connectivity index (χ0n) is 17.6. The summed E-state index contributed by atoms with van der Waals surface area (Å²) in [5.41, 5.74) is -0.00461. The van der Waals surface area contributed by atoms with Crippen molar-refractivity contribution >= 4 is 43.2 Å². The summed E-state index contributed by atoms with van der Waals surface area (Å²) in [7, 11) is -4.87. The second-order valence-electron chi connectivity index (χ2n) is 7.59. The molecule has 31 heavy (non-hydrogen) atoms. The Balaban J connectivity index is 2.09. The van der Waals surface area contributed by atoms with Crippen LogP contribution in [0.25, 0.3) is 0 Å². The number of nitrogens with zero attached hydrogens (tertiary/aromatic N) is 1. The molecular weight excluding hydrogens is 444 g/mol. The lowest BCUT2D eigenvalue weighted by Gasteiger charge is -2.20. The summed E-state index contributed by atoms with van der Waals surface area (Å²) < 4.78 is 54.6. The molecule has 0 aliphatic heterocycles. The number of carbonyl (C=O) groups excluding carboxylic acids is 1. The fourth-order valence-electron chi connectivity index (χ4n) is 2.15. The van der Waals surface area contributed by atoms with Crippen LogP contribution in [0.4, 0.5) is 17.1 Å². The second-order valence-corrected chi connectivity index (χ2v) is 11.2.